The van der Waals surface area contributed by atoms with Gasteiger partial charge in [0, 0.05) is 6.42 Å². The Morgan fingerprint density at radius 2 is 1.75 bits per heavy atom. The van der Waals surface area contributed by atoms with Crippen molar-refractivity contribution in [1.82, 2.24) is 5.32 Å². The van der Waals surface area contributed by atoms with Gasteiger partial charge >= 0.3 is 5.97 Å². The van der Waals surface area contributed by atoms with Gasteiger partial charge in [-0.05, 0) is 36.8 Å². The van der Waals surface area contributed by atoms with E-state index in [2.05, 4.69) is 36.5 Å². The Bertz CT molecular complexity index is 440. The largest absolute Gasteiger partial charge is 0.480 e. The van der Waals surface area contributed by atoms with E-state index >= 15 is 0 Å². The molecule has 0 saturated carbocycles. The quantitative estimate of drug-likeness (QED) is 0.767. The van der Waals surface area contributed by atoms with Crippen LogP contribution in [-0.4, -0.2) is 23.0 Å². The predicted octanol–water partition coefficient (Wildman–Crippen LogP) is 2.55. The van der Waals surface area contributed by atoms with Crippen molar-refractivity contribution in [2.45, 2.75) is 52.0 Å². The second kappa shape index (κ2) is 8.35. The van der Waals surface area contributed by atoms with Gasteiger partial charge in [-0.15, -0.1) is 0 Å². The lowest BCUT2D eigenvalue weighted by atomic mass is 10.0. The zero-order valence-corrected chi connectivity index (χ0v) is 12.2. The lowest BCUT2D eigenvalue weighted by Gasteiger charge is -2.12. The Kier molecular flexibility index (Phi) is 6.77. The summed E-state index contributed by atoms with van der Waals surface area (Å²) in [6.45, 7) is 3.86. The van der Waals surface area contributed by atoms with E-state index in [4.69, 9.17) is 5.11 Å². The van der Waals surface area contributed by atoms with E-state index in [1.54, 1.807) is 6.92 Å². The summed E-state index contributed by atoms with van der Waals surface area (Å²) in [5.41, 5.74) is 2.51. The second-order valence-electron chi connectivity index (χ2n) is 4.89. The standard InChI is InChI=1S/C16H23NO3/c1-3-12-8-10-13(11-9-12)6-5-7-15(18)17-14(4-2)16(19)20/h8-11,14H,3-7H2,1-2H3,(H,17,18)(H,19,20). The van der Waals surface area contributed by atoms with E-state index in [1.807, 2.05) is 0 Å². The van der Waals surface area contributed by atoms with Gasteiger partial charge in [0.2, 0.25) is 5.91 Å². The van der Waals surface area contributed by atoms with Gasteiger partial charge in [-0.25, -0.2) is 4.79 Å². The first kappa shape index (κ1) is 16.2. The molecule has 110 valence electrons. The average Bonchev–Trinajstić information content (AvgIpc) is 2.45. The number of amides is 1. The molecule has 0 saturated heterocycles. The molecule has 1 unspecified atom stereocenters. The molecule has 0 spiro atoms. The molecule has 2 N–H and O–H groups in total. The van der Waals surface area contributed by atoms with Gasteiger partial charge in [0.1, 0.15) is 6.04 Å². The van der Waals surface area contributed by atoms with Gasteiger partial charge in [-0.3, -0.25) is 4.79 Å². The third-order valence-corrected chi connectivity index (χ3v) is 3.34. The first-order valence-electron chi connectivity index (χ1n) is 7.16. The zero-order chi connectivity index (χ0) is 15.0. The van der Waals surface area contributed by atoms with Crippen LogP contribution in [-0.2, 0) is 22.4 Å². The van der Waals surface area contributed by atoms with Crippen LogP contribution >= 0.6 is 0 Å². The first-order chi connectivity index (χ1) is 9.56. The molecule has 1 amide bonds. The normalized spacial score (nSPS) is 11.9. The number of hydrogen-bond acceptors (Lipinski definition) is 2. The topological polar surface area (TPSA) is 66.4 Å². The molecule has 0 aliphatic rings. The van der Waals surface area contributed by atoms with Crippen LogP contribution in [0.25, 0.3) is 0 Å². The maximum atomic E-state index is 11.6. The van der Waals surface area contributed by atoms with E-state index in [1.165, 1.54) is 11.1 Å². The highest BCUT2D eigenvalue weighted by Crippen LogP contribution is 2.08. The van der Waals surface area contributed by atoms with E-state index in [0.717, 1.165) is 19.3 Å². The number of hydrogen-bond donors (Lipinski definition) is 2. The number of rotatable bonds is 8. The average molecular weight is 277 g/mol. The van der Waals surface area contributed by atoms with E-state index in [0.29, 0.717) is 12.8 Å². The van der Waals surface area contributed by atoms with Crippen molar-refractivity contribution in [3.8, 4) is 0 Å². The van der Waals surface area contributed by atoms with Crippen molar-refractivity contribution < 1.29 is 14.7 Å². The molecule has 0 fully saturated rings. The fourth-order valence-corrected chi connectivity index (χ4v) is 2.00. The summed E-state index contributed by atoms with van der Waals surface area (Å²) in [4.78, 5) is 22.4. The molecule has 1 atom stereocenters. The number of benzene rings is 1. The monoisotopic (exact) mass is 277 g/mol. The van der Waals surface area contributed by atoms with Crippen molar-refractivity contribution in [2.24, 2.45) is 0 Å². The molecule has 1 rings (SSSR count). The van der Waals surface area contributed by atoms with Crippen LogP contribution in [0.1, 0.15) is 44.2 Å². The number of carbonyl (C=O) groups excluding carboxylic acids is 1. The number of aliphatic carboxylic acids is 1. The second-order valence-corrected chi connectivity index (χ2v) is 4.89. The molecular weight excluding hydrogens is 254 g/mol. The van der Waals surface area contributed by atoms with Crippen LogP contribution < -0.4 is 5.32 Å². The molecular formula is C16H23NO3. The third kappa shape index (κ3) is 5.43. The summed E-state index contributed by atoms with van der Waals surface area (Å²) in [5, 5.41) is 11.4. The Labute approximate surface area is 120 Å². The summed E-state index contributed by atoms with van der Waals surface area (Å²) in [5.74, 6) is -1.17. The van der Waals surface area contributed by atoms with Crippen molar-refractivity contribution >= 4 is 11.9 Å². The van der Waals surface area contributed by atoms with Crippen molar-refractivity contribution in [3.63, 3.8) is 0 Å². The molecule has 4 heteroatoms. The predicted molar refractivity (Wildman–Crippen MR) is 78.6 cm³/mol. The molecule has 0 aliphatic heterocycles. The fourth-order valence-electron chi connectivity index (χ4n) is 2.00. The Balaban J connectivity index is 2.32. The number of aryl methyl sites for hydroxylation is 2. The van der Waals surface area contributed by atoms with Gasteiger partial charge in [-0.1, -0.05) is 38.1 Å². The van der Waals surface area contributed by atoms with Crippen LogP contribution in [0.4, 0.5) is 0 Å². The summed E-state index contributed by atoms with van der Waals surface area (Å²) in [6, 6.07) is 7.61. The van der Waals surface area contributed by atoms with Crippen LogP contribution in [0.3, 0.4) is 0 Å². The SMILES string of the molecule is CCc1ccc(CCCC(=O)NC(CC)C(=O)O)cc1. The number of nitrogens with one attached hydrogen (secondary N) is 1. The first-order valence-corrected chi connectivity index (χ1v) is 7.16. The summed E-state index contributed by atoms with van der Waals surface area (Å²) >= 11 is 0. The lowest BCUT2D eigenvalue weighted by molar-refractivity contribution is -0.141. The minimum absolute atomic E-state index is 0.190. The molecule has 0 bridgehead atoms. The van der Waals surface area contributed by atoms with Gasteiger partial charge in [0.25, 0.3) is 0 Å². The van der Waals surface area contributed by atoms with E-state index in [-0.39, 0.29) is 5.91 Å². The highest BCUT2D eigenvalue weighted by Gasteiger charge is 2.16. The van der Waals surface area contributed by atoms with Gasteiger partial charge in [0.15, 0.2) is 0 Å². The third-order valence-electron chi connectivity index (χ3n) is 3.34. The maximum Gasteiger partial charge on any atom is 0.326 e. The fraction of sp³-hybridized carbons (Fsp3) is 0.500. The lowest BCUT2D eigenvalue weighted by Crippen LogP contribution is -2.40. The Morgan fingerprint density at radius 3 is 2.25 bits per heavy atom. The van der Waals surface area contributed by atoms with E-state index < -0.39 is 12.0 Å². The summed E-state index contributed by atoms with van der Waals surface area (Å²) < 4.78 is 0. The molecule has 1 aromatic rings. The summed E-state index contributed by atoms with van der Waals surface area (Å²) in [6.07, 6.45) is 3.35. The minimum atomic E-state index is -0.976. The van der Waals surface area contributed by atoms with Crippen molar-refractivity contribution in [1.29, 1.82) is 0 Å². The van der Waals surface area contributed by atoms with Crippen molar-refractivity contribution in [2.75, 3.05) is 0 Å². The molecule has 0 radical (unpaired) electrons. The van der Waals surface area contributed by atoms with Gasteiger partial charge < -0.3 is 10.4 Å². The zero-order valence-electron chi connectivity index (χ0n) is 12.2. The maximum absolute atomic E-state index is 11.6. The molecule has 20 heavy (non-hydrogen) atoms. The Morgan fingerprint density at radius 1 is 1.15 bits per heavy atom. The van der Waals surface area contributed by atoms with Crippen LogP contribution in [0.2, 0.25) is 0 Å². The van der Waals surface area contributed by atoms with E-state index in [9.17, 15) is 9.59 Å². The van der Waals surface area contributed by atoms with Crippen LogP contribution in [0.5, 0.6) is 0 Å². The minimum Gasteiger partial charge on any atom is -0.480 e. The number of carboxylic acid groups (broad SMARTS) is 1. The summed E-state index contributed by atoms with van der Waals surface area (Å²) in [7, 11) is 0. The van der Waals surface area contributed by atoms with Crippen LogP contribution in [0, 0.1) is 0 Å². The highest BCUT2D eigenvalue weighted by molar-refractivity contribution is 5.83. The molecule has 1 aromatic carbocycles. The highest BCUT2D eigenvalue weighted by atomic mass is 16.4. The molecule has 0 heterocycles. The van der Waals surface area contributed by atoms with Crippen molar-refractivity contribution in [3.05, 3.63) is 35.4 Å². The smallest absolute Gasteiger partial charge is 0.326 e. The van der Waals surface area contributed by atoms with Crippen LogP contribution in [0.15, 0.2) is 24.3 Å². The molecule has 0 aromatic heterocycles. The molecule has 0 aliphatic carbocycles. The molecule has 4 nitrogen and oxygen atoms in total. The Hall–Kier alpha value is -1.84. The van der Waals surface area contributed by atoms with Gasteiger partial charge in [0.05, 0.1) is 0 Å². The number of carbonyl (C=O) groups is 2. The number of carboxylic acids is 1. The van der Waals surface area contributed by atoms with Gasteiger partial charge in [-0.2, -0.15) is 0 Å².